The number of carboxylic acid groups (broad SMARTS) is 1. The Bertz CT molecular complexity index is 1750. The minimum atomic E-state index is -5.08. The number of thiophene rings is 1. The molecule has 2 N–H and O–H groups in total. The van der Waals surface area contributed by atoms with Crippen LogP contribution in [-0.2, 0) is 32.6 Å². The molecule has 0 spiro atoms. The van der Waals surface area contributed by atoms with Gasteiger partial charge in [0.25, 0.3) is 10.0 Å². The summed E-state index contributed by atoms with van der Waals surface area (Å²) in [5, 5.41) is 12.3. The van der Waals surface area contributed by atoms with Gasteiger partial charge < -0.3 is 9.84 Å². The monoisotopic (exact) mass is 671 g/mol. The van der Waals surface area contributed by atoms with Crippen molar-refractivity contribution < 1.29 is 41.0 Å². The van der Waals surface area contributed by atoms with E-state index in [0.29, 0.717) is 40.6 Å². The number of alkyl halides is 3. The maximum Gasteiger partial charge on any atom is 0.490 e. The molecule has 236 valence electrons. The first-order valence-corrected chi connectivity index (χ1v) is 16.2. The van der Waals surface area contributed by atoms with E-state index in [1.165, 1.54) is 6.07 Å². The van der Waals surface area contributed by atoms with E-state index in [4.69, 9.17) is 26.2 Å². The van der Waals surface area contributed by atoms with Crippen molar-refractivity contribution in [2.24, 2.45) is 5.92 Å². The van der Waals surface area contributed by atoms with Gasteiger partial charge in [-0.15, -0.1) is 11.3 Å². The first kappa shape index (κ1) is 33.3. The van der Waals surface area contributed by atoms with Gasteiger partial charge in [0.15, 0.2) is 5.82 Å². The number of nitrogens with one attached hydrogen (secondary N) is 1. The number of rotatable bonds is 10. The van der Waals surface area contributed by atoms with Crippen molar-refractivity contribution in [3.8, 4) is 5.75 Å². The van der Waals surface area contributed by atoms with E-state index in [1.54, 1.807) is 23.9 Å². The highest BCUT2D eigenvalue weighted by Gasteiger charge is 2.38. The number of fused-ring (bicyclic) bond motifs is 1. The fourth-order valence-corrected chi connectivity index (χ4v) is 7.45. The standard InChI is InChI=1S/C27H28ClN3O4S2.C2HF3O2/c1-35-23-11-5-10-21-26(23)27(30-37(33,34)25-15-14-24(28)36-25)29-31(21)17-19-7-4-6-18(16-19)12-13-22(32)20-8-2-3-9-20;3-2(4,5)1(6)7/h4-7,10-11,14-16,20H,2-3,8-9,12-13,17H2,1H3,(H,29,30);(H,6,7). The predicted octanol–water partition coefficient (Wildman–Crippen LogP) is 6.93. The number of aromatic nitrogens is 2. The van der Waals surface area contributed by atoms with Crippen LogP contribution >= 0.6 is 22.9 Å². The van der Waals surface area contributed by atoms with Crippen molar-refractivity contribution in [2.75, 3.05) is 11.8 Å². The van der Waals surface area contributed by atoms with Gasteiger partial charge in [0.2, 0.25) is 0 Å². The zero-order valence-corrected chi connectivity index (χ0v) is 25.8. The van der Waals surface area contributed by atoms with Gasteiger partial charge in [0.1, 0.15) is 15.7 Å². The minimum Gasteiger partial charge on any atom is -0.496 e. The minimum absolute atomic E-state index is 0.106. The van der Waals surface area contributed by atoms with Gasteiger partial charge in [-0.1, -0.05) is 54.8 Å². The molecule has 0 atom stereocenters. The lowest BCUT2D eigenvalue weighted by molar-refractivity contribution is -0.192. The molecular weight excluding hydrogens is 643 g/mol. The third kappa shape index (κ3) is 8.30. The van der Waals surface area contributed by atoms with Gasteiger partial charge in [0, 0.05) is 12.3 Å². The van der Waals surface area contributed by atoms with Crippen LogP contribution in [0.3, 0.4) is 0 Å². The quantitative estimate of drug-likeness (QED) is 0.187. The molecule has 1 aliphatic rings. The number of nitrogens with zero attached hydrogens (tertiary/aromatic N) is 2. The number of hydrogen-bond acceptors (Lipinski definition) is 7. The average molecular weight is 672 g/mol. The molecule has 0 radical (unpaired) electrons. The molecular formula is C29H29ClF3N3O6S2. The van der Waals surface area contributed by atoms with Crippen LogP contribution in [0.1, 0.15) is 43.2 Å². The van der Waals surface area contributed by atoms with Gasteiger partial charge in [-0.05, 0) is 54.7 Å². The molecule has 5 rings (SSSR count). The maximum absolute atomic E-state index is 13.0. The molecule has 2 heterocycles. The summed E-state index contributed by atoms with van der Waals surface area (Å²) in [4.78, 5) is 21.4. The van der Waals surface area contributed by atoms with Crippen molar-refractivity contribution >= 4 is 61.4 Å². The lowest BCUT2D eigenvalue weighted by Crippen LogP contribution is -2.21. The second-order valence-electron chi connectivity index (χ2n) is 10.1. The summed E-state index contributed by atoms with van der Waals surface area (Å²) in [6, 6.07) is 16.6. The topological polar surface area (TPSA) is 128 Å². The van der Waals surface area contributed by atoms with Crippen molar-refractivity contribution in [3.05, 3.63) is 70.1 Å². The fourth-order valence-electron chi connectivity index (χ4n) is 4.95. The molecule has 15 heteroatoms. The van der Waals surface area contributed by atoms with Gasteiger partial charge in [-0.25, -0.2) is 13.2 Å². The van der Waals surface area contributed by atoms with Crippen LogP contribution in [-0.4, -0.2) is 48.3 Å². The highest BCUT2D eigenvalue weighted by molar-refractivity contribution is 7.94. The van der Waals surface area contributed by atoms with E-state index in [2.05, 4.69) is 15.9 Å². The summed E-state index contributed by atoms with van der Waals surface area (Å²) in [7, 11) is -2.34. The molecule has 1 aliphatic carbocycles. The molecule has 1 saturated carbocycles. The van der Waals surface area contributed by atoms with Gasteiger partial charge >= 0.3 is 12.1 Å². The van der Waals surface area contributed by atoms with Crippen LogP contribution in [0.25, 0.3) is 10.9 Å². The SMILES string of the molecule is COc1cccc2c1c(NS(=O)(=O)c1ccc(Cl)s1)nn2Cc1cccc(CCC(=O)C2CCCC2)c1.O=C(O)C(F)(F)F. The molecule has 0 amide bonds. The van der Waals surface area contributed by atoms with E-state index in [0.717, 1.165) is 53.7 Å². The molecule has 0 aliphatic heterocycles. The summed E-state index contributed by atoms with van der Waals surface area (Å²) in [6.45, 7) is 0.431. The highest BCUT2D eigenvalue weighted by atomic mass is 35.5. The maximum atomic E-state index is 13.0. The summed E-state index contributed by atoms with van der Waals surface area (Å²) >= 11 is 6.94. The smallest absolute Gasteiger partial charge is 0.490 e. The summed E-state index contributed by atoms with van der Waals surface area (Å²) in [5.41, 5.74) is 2.86. The number of carbonyl (C=O) groups excluding carboxylic acids is 1. The molecule has 1 fully saturated rings. The van der Waals surface area contributed by atoms with Crippen molar-refractivity contribution in [1.29, 1.82) is 0 Å². The number of aryl methyl sites for hydroxylation is 1. The summed E-state index contributed by atoms with van der Waals surface area (Å²) in [5.74, 6) is -1.44. The third-order valence-electron chi connectivity index (χ3n) is 7.04. The number of ether oxygens (including phenoxy) is 1. The summed E-state index contributed by atoms with van der Waals surface area (Å²) < 4.78 is 68.2. The Kier molecular flexibility index (Phi) is 10.6. The second kappa shape index (κ2) is 14.0. The van der Waals surface area contributed by atoms with Crippen molar-refractivity contribution in [2.45, 2.75) is 55.5 Å². The number of aliphatic carboxylic acids is 1. The number of sulfonamides is 1. The first-order chi connectivity index (χ1) is 20.8. The van der Waals surface area contributed by atoms with E-state index >= 15 is 0 Å². The molecule has 0 unspecified atom stereocenters. The normalized spacial score (nSPS) is 13.8. The number of anilines is 1. The number of Topliss-reactive ketones (excluding diaryl/α,β-unsaturated/α-hetero) is 1. The Morgan fingerprint density at radius 3 is 2.39 bits per heavy atom. The average Bonchev–Trinajstić information content (AvgIpc) is 3.73. The molecule has 2 aromatic heterocycles. The van der Waals surface area contributed by atoms with Crippen LogP contribution in [0.4, 0.5) is 19.0 Å². The number of benzene rings is 2. The fraction of sp³-hybridized carbons (Fsp3) is 0.345. The van der Waals surface area contributed by atoms with Gasteiger partial charge in [0.05, 0.1) is 28.9 Å². The number of ketones is 1. The Morgan fingerprint density at radius 1 is 1.11 bits per heavy atom. The van der Waals surface area contributed by atoms with Crippen LogP contribution < -0.4 is 9.46 Å². The van der Waals surface area contributed by atoms with E-state index in [-0.39, 0.29) is 15.9 Å². The van der Waals surface area contributed by atoms with E-state index in [9.17, 15) is 26.4 Å². The molecule has 0 saturated heterocycles. The number of hydrogen-bond donors (Lipinski definition) is 2. The number of methoxy groups -OCH3 is 1. The molecule has 9 nitrogen and oxygen atoms in total. The zero-order valence-electron chi connectivity index (χ0n) is 23.4. The lowest BCUT2D eigenvalue weighted by atomic mass is 9.96. The Balaban J connectivity index is 0.000000566. The molecule has 4 aromatic rings. The van der Waals surface area contributed by atoms with Gasteiger partial charge in [-0.2, -0.15) is 18.3 Å². The zero-order chi connectivity index (χ0) is 32.1. The van der Waals surface area contributed by atoms with E-state index in [1.807, 2.05) is 30.3 Å². The number of carboxylic acids is 1. The lowest BCUT2D eigenvalue weighted by Gasteiger charge is -2.09. The largest absolute Gasteiger partial charge is 0.496 e. The van der Waals surface area contributed by atoms with E-state index < -0.39 is 22.2 Å². The Hall–Kier alpha value is -3.62. The van der Waals surface area contributed by atoms with Crippen LogP contribution in [0.15, 0.2) is 58.8 Å². The Morgan fingerprint density at radius 2 is 1.77 bits per heavy atom. The number of halogens is 4. The third-order valence-corrected chi connectivity index (χ3v) is 10.1. The molecule has 2 aromatic carbocycles. The molecule has 0 bridgehead atoms. The second-order valence-corrected chi connectivity index (χ2v) is 13.7. The Labute approximate surface area is 260 Å². The first-order valence-electron chi connectivity index (χ1n) is 13.5. The predicted molar refractivity (Wildman–Crippen MR) is 161 cm³/mol. The van der Waals surface area contributed by atoms with Crippen molar-refractivity contribution in [1.82, 2.24) is 9.78 Å². The summed E-state index contributed by atoms with van der Waals surface area (Å²) in [6.07, 6.45) is 0.571. The van der Waals surface area contributed by atoms with Crippen molar-refractivity contribution in [3.63, 3.8) is 0 Å². The van der Waals surface area contributed by atoms with Crippen LogP contribution in [0.5, 0.6) is 5.75 Å². The van der Waals surface area contributed by atoms with Gasteiger partial charge in [-0.3, -0.25) is 14.2 Å². The number of carbonyl (C=O) groups is 2. The highest BCUT2D eigenvalue weighted by Crippen LogP contribution is 2.35. The van der Waals surface area contributed by atoms with Crippen LogP contribution in [0.2, 0.25) is 4.34 Å². The van der Waals surface area contributed by atoms with Crippen LogP contribution in [0, 0.1) is 5.92 Å². The molecule has 44 heavy (non-hydrogen) atoms.